The highest BCUT2D eigenvalue weighted by molar-refractivity contribution is 5.93. The van der Waals surface area contributed by atoms with Crippen molar-refractivity contribution in [1.82, 2.24) is 20.3 Å². The van der Waals surface area contributed by atoms with E-state index >= 15 is 0 Å². The monoisotopic (exact) mass is 391 g/mol. The summed E-state index contributed by atoms with van der Waals surface area (Å²) in [4.78, 5) is 36.7. The number of pyridine rings is 1. The fraction of sp³-hybridized carbons (Fsp3) is 0.190. The van der Waals surface area contributed by atoms with Crippen LogP contribution in [0.1, 0.15) is 39.2 Å². The van der Waals surface area contributed by atoms with Gasteiger partial charge in [0.25, 0.3) is 5.91 Å². The summed E-state index contributed by atoms with van der Waals surface area (Å²) in [6.45, 7) is 4.15. The van der Waals surface area contributed by atoms with Crippen LogP contribution in [0.15, 0.2) is 54.9 Å². The summed E-state index contributed by atoms with van der Waals surface area (Å²) in [5.74, 6) is 0.266. The van der Waals surface area contributed by atoms with Gasteiger partial charge in [-0.25, -0.2) is 14.8 Å². The fourth-order valence-electron chi connectivity index (χ4n) is 2.58. The summed E-state index contributed by atoms with van der Waals surface area (Å²) in [5.41, 5.74) is 2.34. The van der Waals surface area contributed by atoms with Gasteiger partial charge in [-0.2, -0.15) is 0 Å². The minimum Gasteiger partial charge on any atom is -0.462 e. The Balaban J connectivity index is 1.68. The Hall–Kier alpha value is -3.81. The van der Waals surface area contributed by atoms with Crippen LogP contribution in [0.3, 0.4) is 0 Å². The van der Waals surface area contributed by atoms with E-state index < -0.39 is 0 Å². The van der Waals surface area contributed by atoms with E-state index in [0.717, 1.165) is 11.3 Å². The van der Waals surface area contributed by atoms with Crippen molar-refractivity contribution in [3.63, 3.8) is 0 Å². The van der Waals surface area contributed by atoms with Crippen molar-refractivity contribution in [2.45, 2.75) is 20.4 Å². The largest absolute Gasteiger partial charge is 0.462 e. The molecule has 0 aliphatic carbocycles. The lowest BCUT2D eigenvalue weighted by atomic mass is 10.2. The van der Waals surface area contributed by atoms with Crippen LogP contribution < -0.4 is 10.6 Å². The summed E-state index contributed by atoms with van der Waals surface area (Å²) in [7, 11) is 0. The van der Waals surface area contributed by atoms with Gasteiger partial charge in [0.2, 0.25) is 0 Å². The molecule has 148 valence electrons. The van der Waals surface area contributed by atoms with Crippen LogP contribution in [-0.2, 0) is 11.3 Å². The summed E-state index contributed by atoms with van der Waals surface area (Å²) >= 11 is 0. The topological polar surface area (TPSA) is 106 Å². The maximum absolute atomic E-state index is 12.5. The highest BCUT2D eigenvalue weighted by Crippen LogP contribution is 2.17. The Bertz CT molecular complexity index is 991. The Morgan fingerprint density at radius 2 is 1.90 bits per heavy atom. The predicted octanol–water partition coefficient (Wildman–Crippen LogP) is 3.03. The molecule has 2 N–H and O–H groups in total. The molecule has 8 nitrogen and oxygen atoms in total. The van der Waals surface area contributed by atoms with Gasteiger partial charge in [0.1, 0.15) is 17.3 Å². The number of hydrogen-bond acceptors (Lipinski definition) is 7. The third kappa shape index (κ3) is 5.58. The third-order valence-corrected chi connectivity index (χ3v) is 3.91. The van der Waals surface area contributed by atoms with Gasteiger partial charge in [0.05, 0.1) is 12.2 Å². The first-order valence-corrected chi connectivity index (χ1v) is 9.12. The molecule has 0 radical (unpaired) electrons. The highest BCUT2D eigenvalue weighted by atomic mass is 16.5. The minimum absolute atomic E-state index is 0.257. The molecule has 1 aromatic carbocycles. The number of benzene rings is 1. The molecule has 0 bridgehead atoms. The Morgan fingerprint density at radius 3 is 2.59 bits per heavy atom. The molecule has 1 amide bonds. The number of aryl methyl sites for hydroxylation is 1. The minimum atomic E-state index is -0.371. The number of aromatic nitrogens is 3. The van der Waals surface area contributed by atoms with E-state index in [-0.39, 0.29) is 17.6 Å². The number of nitrogens with one attached hydrogen (secondary N) is 2. The lowest BCUT2D eigenvalue weighted by Gasteiger charge is -2.10. The maximum atomic E-state index is 12.5. The molecule has 2 heterocycles. The van der Waals surface area contributed by atoms with Crippen molar-refractivity contribution in [2.75, 3.05) is 11.9 Å². The van der Waals surface area contributed by atoms with E-state index in [9.17, 15) is 9.59 Å². The van der Waals surface area contributed by atoms with Crippen molar-refractivity contribution in [3.8, 4) is 0 Å². The van der Waals surface area contributed by atoms with Crippen LogP contribution in [0.2, 0.25) is 0 Å². The van der Waals surface area contributed by atoms with E-state index in [2.05, 4.69) is 25.6 Å². The van der Waals surface area contributed by atoms with Crippen molar-refractivity contribution in [3.05, 3.63) is 77.5 Å². The second-order valence-electron chi connectivity index (χ2n) is 6.15. The van der Waals surface area contributed by atoms with Gasteiger partial charge in [0.15, 0.2) is 0 Å². The molecule has 8 heteroatoms. The van der Waals surface area contributed by atoms with E-state index in [4.69, 9.17) is 4.74 Å². The summed E-state index contributed by atoms with van der Waals surface area (Å²) in [6, 6.07) is 12.1. The molecule has 0 saturated carbocycles. The molecular weight excluding hydrogens is 370 g/mol. The molecule has 2 aromatic heterocycles. The number of anilines is 2. The van der Waals surface area contributed by atoms with Gasteiger partial charge >= 0.3 is 5.97 Å². The zero-order valence-electron chi connectivity index (χ0n) is 16.2. The number of nitrogens with zero attached hydrogens (tertiary/aromatic N) is 3. The second-order valence-corrected chi connectivity index (χ2v) is 6.15. The van der Waals surface area contributed by atoms with Gasteiger partial charge < -0.3 is 15.4 Å². The van der Waals surface area contributed by atoms with Crippen molar-refractivity contribution in [2.24, 2.45) is 0 Å². The molecule has 0 atom stereocenters. The van der Waals surface area contributed by atoms with E-state index in [0.29, 0.717) is 30.4 Å². The Labute approximate surface area is 168 Å². The second kappa shape index (κ2) is 9.41. The Morgan fingerprint density at radius 1 is 1.10 bits per heavy atom. The number of carbonyl (C=O) groups is 2. The molecule has 3 rings (SSSR count). The van der Waals surface area contributed by atoms with Gasteiger partial charge in [-0.3, -0.25) is 9.78 Å². The van der Waals surface area contributed by atoms with Crippen molar-refractivity contribution in [1.29, 1.82) is 0 Å². The summed E-state index contributed by atoms with van der Waals surface area (Å²) < 4.78 is 4.97. The number of esters is 1. The van der Waals surface area contributed by atoms with Crippen LogP contribution >= 0.6 is 0 Å². The average molecular weight is 391 g/mol. The molecule has 0 saturated heterocycles. The quantitative estimate of drug-likeness (QED) is 0.596. The molecule has 29 heavy (non-hydrogen) atoms. The lowest BCUT2D eigenvalue weighted by Crippen LogP contribution is -2.24. The number of ether oxygens (including phenoxy) is 1. The van der Waals surface area contributed by atoms with Crippen LogP contribution in [-0.4, -0.2) is 33.4 Å². The highest BCUT2D eigenvalue weighted by Gasteiger charge is 2.11. The standard InChI is InChI=1S/C21H21N5O3/c1-3-29-21(28)16-6-8-17(9-7-16)26-19-11-18(24-14(2)25-19)20(27)23-13-15-5-4-10-22-12-15/h4-12H,3,13H2,1-2H3,(H,23,27)(H,24,25,26). The van der Waals surface area contributed by atoms with E-state index in [1.54, 1.807) is 56.6 Å². The van der Waals surface area contributed by atoms with Crippen molar-refractivity contribution < 1.29 is 14.3 Å². The molecule has 0 aliphatic heterocycles. The molecular formula is C21H21N5O3. The third-order valence-electron chi connectivity index (χ3n) is 3.91. The predicted molar refractivity (Wildman–Crippen MR) is 108 cm³/mol. The lowest BCUT2D eigenvalue weighted by molar-refractivity contribution is 0.0526. The number of rotatable bonds is 7. The zero-order valence-corrected chi connectivity index (χ0v) is 16.2. The fourth-order valence-corrected chi connectivity index (χ4v) is 2.58. The smallest absolute Gasteiger partial charge is 0.338 e. The average Bonchev–Trinajstić information content (AvgIpc) is 2.73. The van der Waals surface area contributed by atoms with Gasteiger partial charge in [-0.15, -0.1) is 0 Å². The van der Waals surface area contributed by atoms with Gasteiger partial charge in [-0.05, 0) is 49.7 Å². The summed E-state index contributed by atoms with van der Waals surface area (Å²) in [5, 5.41) is 5.94. The molecule has 0 fully saturated rings. The van der Waals surface area contributed by atoms with Crippen LogP contribution in [0.25, 0.3) is 0 Å². The first-order valence-electron chi connectivity index (χ1n) is 9.12. The maximum Gasteiger partial charge on any atom is 0.338 e. The number of carbonyl (C=O) groups excluding carboxylic acids is 2. The number of amides is 1. The number of hydrogen-bond donors (Lipinski definition) is 2. The molecule has 3 aromatic rings. The normalized spacial score (nSPS) is 10.3. The van der Waals surface area contributed by atoms with E-state index in [1.807, 2.05) is 12.1 Å². The van der Waals surface area contributed by atoms with Crippen LogP contribution in [0.4, 0.5) is 11.5 Å². The van der Waals surface area contributed by atoms with Crippen LogP contribution in [0, 0.1) is 6.92 Å². The van der Waals surface area contributed by atoms with Gasteiger partial charge in [-0.1, -0.05) is 6.07 Å². The molecule has 0 aliphatic rings. The Kier molecular flexibility index (Phi) is 6.47. The first-order chi connectivity index (χ1) is 14.0. The molecule has 0 spiro atoms. The summed E-state index contributed by atoms with van der Waals surface area (Å²) in [6.07, 6.45) is 3.37. The van der Waals surface area contributed by atoms with E-state index in [1.165, 1.54) is 0 Å². The zero-order chi connectivity index (χ0) is 20.6. The SMILES string of the molecule is CCOC(=O)c1ccc(Nc2cc(C(=O)NCc3cccnc3)nc(C)n2)cc1. The van der Waals surface area contributed by atoms with Gasteiger partial charge in [0, 0.05) is 30.7 Å². The first kappa shape index (κ1) is 19.9. The van der Waals surface area contributed by atoms with Crippen molar-refractivity contribution >= 4 is 23.4 Å². The van der Waals surface area contributed by atoms with Crippen LogP contribution in [0.5, 0.6) is 0 Å². The molecule has 0 unspecified atom stereocenters.